The van der Waals surface area contributed by atoms with Crippen LogP contribution in [0.3, 0.4) is 0 Å². The van der Waals surface area contributed by atoms with Gasteiger partial charge in [-0.05, 0) is 22.6 Å². The van der Waals surface area contributed by atoms with E-state index < -0.39 is 17.9 Å². The van der Waals surface area contributed by atoms with E-state index in [1.54, 1.807) is 0 Å². The normalized spacial score (nSPS) is 10.9. The lowest BCUT2D eigenvalue weighted by atomic mass is 10.2. The van der Waals surface area contributed by atoms with Crippen molar-refractivity contribution in [2.45, 2.75) is 11.8 Å². The smallest absolute Gasteiger partial charge is 0.254 e. The zero-order valence-corrected chi connectivity index (χ0v) is 9.94. The van der Waals surface area contributed by atoms with Crippen molar-refractivity contribution in [2.24, 2.45) is 0 Å². The van der Waals surface area contributed by atoms with Crippen LogP contribution < -0.4 is 0 Å². The van der Waals surface area contributed by atoms with Crippen LogP contribution in [0.4, 0.5) is 13.2 Å². The number of alkyl halides is 3. The number of nitrogens with zero attached hydrogens (tertiary/aromatic N) is 1. The van der Waals surface area contributed by atoms with Gasteiger partial charge in [0, 0.05) is 17.1 Å². The van der Waals surface area contributed by atoms with E-state index in [-0.39, 0.29) is 14.5 Å². The third-order valence-electron chi connectivity index (χ3n) is 1.41. The van der Waals surface area contributed by atoms with E-state index in [1.165, 1.54) is 22.6 Å². The minimum atomic E-state index is -2.73. The number of aromatic nitrogens is 1. The summed E-state index contributed by atoms with van der Waals surface area (Å²) in [4.78, 5) is 3.48. The molecule has 0 N–H and O–H groups in total. The van der Waals surface area contributed by atoms with Crippen molar-refractivity contribution in [3.8, 4) is 0 Å². The van der Waals surface area contributed by atoms with Crippen molar-refractivity contribution < 1.29 is 13.2 Å². The second-order valence-corrected chi connectivity index (χ2v) is 3.87. The van der Waals surface area contributed by atoms with Gasteiger partial charge in [-0.1, -0.05) is 15.9 Å². The fourth-order valence-corrected chi connectivity index (χ4v) is 1.87. The minimum Gasteiger partial charge on any atom is -0.254 e. The molecule has 0 unspecified atom stereocenters. The molecular formula is C7H4BrF3IN. The lowest BCUT2D eigenvalue weighted by Crippen LogP contribution is -2.01. The van der Waals surface area contributed by atoms with Gasteiger partial charge in [0.2, 0.25) is 0 Å². The molecule has 0 aliphatic heterocycles. The van der Waals surface area contributed by atoms with Crippen molar-refractivity contribution >= 4 is 38.5 Å². The molecule has 0 aromatic carbocycles. The van der Waals surface area contributed by atoms with Gasteiger partial charge >= 0.3 is 0 Å². The molecule has 0 saturated heterocycles. The second kappa shape index (κ2) is 4.59. The predicted molar refractivity (Wildman–Crippen MR) is 54.5 cm³/mol. The van der Waals surface area contributed by atoms with Gasteiger partial charge < -0.3 is 0 Å². The zero-order valence-electron chi connectivity index (χ0n) is 6.20. The molecule has 0 amide bonds. The molecular weight excluding hydrogens is 362 g/mol. The van der Waals surface area contributed by atoms with Crippen molar-refractivity contribution in [3.63, 3.8) is 0 Å². The summed E-state index contributed by atoms with van der Waals surface area (Å²) >= 11 is 4.56. The third-order valence-corrected chi connectivity index (χ3v) is 3.04. The first kappa shape index (κ1) is 11.2. The Labute approximate surface area is 95.0 Å². The van der Waals surface area contributed by atoms with Crippen LogP contribution in [0.1, 0.15) is 17.7 Å². The van der Waals surface area contributed by atoms with E-state index in [1.807, 2.05) is 0 Å². The Kier molecular flexibility index (Phi) is 3.96. The van der Waals surface area contributed by atoms with Crippen LogP contribution in [0, 0.1) is 9.39 Å². The van der Waals surface area contributed by atoms with E-state index in [0.717, 1.165) is 6.20 Å². The first-order chi connectivity index (χ1) is 6.07. The summed E-state index contributed by atoms with van der Waals surface area (Å²) in [5.41, 5.74) is -0.211. The molecule has 0 radical (unpaired) electrons. The molecule has 0 aliphatic carbocycles. The fraction of sp³-hybridized carbons (Fsp3) is 0.286. The van der Waals surface area contributed by atoms with E-state index in [4.69, 9.17) is 0 Å². The molecule has 1 nitrogen and oxygen atoms in total. The Bertz CT molecular complexity index is 319. The van der Waals surface area contributed by atoms with Crippen LogP contribution in [0.2, 0.25) is 0 Å². The maximum atomic E-state index is 13.2. The molecule has 0 aliphatic rings. The number of hydrogen-bond donors (Lipinski definition) is 0. The first-order valence-corrected chi connectivity index (χ1v) is 5.44. The highest BCUT2D eigenvalue weighted by Crippen LogP contribution is 2.26. The van der Waals surface area contributed by atoms with Gasteiger partial charge in [0.05, 0.1) is 3.57 Å². The van der Waals surface area contributed by atoms with Gasteiger partial charge in [0.25, 0.3) is 6.43 Å². The Morgan fingerprint density at radius 2 is 2.15 bits per heavy atom. The molecule has 0 spiro atoms. The van der Waals surface area contributed by atoms with Crippen LogP contribution in [0.15, 0.2) is 6.20 Å². The molecule has 0 fully saturated rings. The SMILES string of the molecule is Fc1c(CBr)cnc(C(F)F)c1I. The summed E-state index contributed by atoms with van der Waals surface area (Å²) < 4.78 is 37.5. The summed E-state index contributed by atoms with van der Waals surface area (Å²) in [5, 5.41) is 0.269. The summed E-state index contributed by atoms with van der Waals surface area (Å²) in [6, 6.07) is 0. The Morgan fingerprint density at radius 1 is 1.54 bits per heavy atom. The number of hydrogen-bond acceptors (Lipinski definition) is 1. The number of pyridine rings is 1. The summed E-state index contributed by atoms with van der Waals surface area (Å²) in [7, 11) is 0. The summed E-state index contributed by atoms with van der Waals surface area (Å²) in [5.74, 6) is -0.622. The van der Waals surface area contributed by atoms with Gasteiger partial charge in [-0.15, -0.1) is 0 Å². The molecule has 0 atom stereocenters. The molecule has 13 heavy (non-hydrogen) atoms. The first-order valence-electron chi connectivity index (χ1n) is 3.24. The highest BCUT2D eigenvalue weighted by atomic mass is 127. The van der Waals surface area contributed by atoms with Crippen LogP contribution in [0.25, 0.3) is 0 Å². The molecule has 0 saturated carbocycles. The molecule has 1 rings (SSSR count). The van der Waals surface area contributed by atoms with Crippen LogP contribution in [0.5, 0.6) is 0 Å². The van der Waals surface area contributed by atoms with Crippen molar-refractivity contribution in [1.29, 1.82) is 0 Å². The lowest BCUT2D eigenvalue weighted by Gasteiger charge is -2.05. The molecule has 0 bridgehead atoms. The largest absolute Gasteiger partial charge is 0.281 e. The average molecular weight is 366 g/mol. The van der Waals surface area contributed by atoms with Crippen LogP contribution >= 0.6 is 38.5 Å². The van der Waals surface area contributed by atoms with Crippen LogP contribution in [-0.2, 0) is 5.33 Å². The van der Waals surface area contributed by atoms with Crippen molar-refractivity contribution in [2.75, 3.05) is 0 Å². The molecule has 72 valence electrons. The van der Waals surface area contributed by atoms with E-state index >= 15 is 0 Å². The molecule has 1 heterocycles. The average Bonchev–Trinajstić information content (AvgIpc) is 2.09. The summed E-state index contributed by atoms with van der Waals surface area (Å²) in [6.45, 7) is 0. The minimum absolute atomic E-state index is 0.107. The predicted octanol–water partition coefficient (Wildman–Crippen LogP) is 3.66. The van der Waals surface area contributed by atoms with Crippen molar-refractivity contribution in [3.05, 3.63) is 26.8 Å². The van der Waals surface area contributed by atoms with Gasteiger partial charge in [-0.2, -0.15) is 0 Å². The second-order valence-electron chi connectivity index (χ2n) is 2.23. The highest BCUT2D eigenvalue weighted by molar-refractivity contribution is 14.1. The number of halogens is 5. The Morgan fingerprint density at radius 3 is 2.62 bits per heavy atom. The van der Waals surface area contributed by atoms with Gasteiger partial charge in [-0.3, -0.25) is 4.98 Å². The number of rotatable bonds is 2. The maximum Gasteiger partial charge on any atom is 0.281 e. The lowest BCUT2D eigenvalue weighted by molar-refractivity contribution is 0.144. The fourth-order valence-electron chi connectivity index (χ4n) is 0.760. The highest BCUT2D eigenvalue weighted by Gasteiger charge is 2.18. The van der Waals surface area contributed by atoms with Gasteiger partial charge in [0.1, 0.15) is 11.5 Å². The maximum absolute atomic E-state index is 13.2. The van der Waals surface area contributed by atoms with E-state index in [2.05, 4.69) is 20.9 Å². The van der Waals surface area contributed by atoms with Gasteiger partial charge in [-0.25, -0.2) is 13.2 Å². The molecule has 6 heteroatoms. The quantitative estimate of drug-likeness (QED) is 0.575. The Balaban J connectivity index is 3.23. The molecule has 1 aromatic rings. The summed E-state index contributed by atoms with van der Waals surface area (Å²) in [6.07, 6.45) is -1.61. The Hall–Kier alpha value is 0.150. The van der Waals surface area contributed by atoms with E-state index in [9.17, 15) is 13.2 Å². The van der Waals surface area contributed by atoms with E-state index in [0.29, 0.717) is 0 Å². The standard InChI is InChI=1S/C7H4BrF3IN/c8-1-3-2-13-6(7(10)11)5(12)4(3)9/h2,7H,1H2. The van der Waals surface area contributed by atoms with Gasteiger partial charge in [0.15, 0.2) is 0 Å². The third kappa shape index (κ3) is 2.34. The zero-order chi connectivity index (χ0) is 10.0. The monoisotopic (exact) mass is 365 g/mol. The van der Waals surface area contributed by atoms with Crippen LogP contribution in [-0.4, -0.2) is 4.98 Å². The topological polar surface area (TPSA) is 12.9 Å². The molecule has 1 aromatic heterocycles. The van der Waals surface area contributed by atoms with Crippen molar-refractivity contribution in [1.82, 2.24) is 4.98 Å².